The van der Waals surface area contributed by atoms with Gasteiger partial charge in [-0.15, -0.1) is 0 Å². The first kappa shape index (κ1) is 22.0. The van der Waals surface area contributed by atoms with Crippen LogP contribution in [-0.2, 0) is 14.4 Å². The molecule has 1 aromatic heterocycles. The number of carbonyl (C=O) groups excluding carboxylic acids is 3. The molecule has 0 amide bonds. The van der Waals surface area contributed by atoms with Gasteiger partial charge >= 0.3 is 0 Å². The minimum absolute atomic E-state index is 0.0951. The van der Waals surface area contributed by atoms with Crippen molar-refractivity contribution in [2.45, 2.75) is 69.6 Å². The van der Waals surface area contributed by atoms with Gasteiger partial charge in [0.05, 0.1) is 5.75 Å². The number of carbonyl (C=O) groups is 3. The van der Waals surface area contributed by atoms with Crippen LogP contribution >= 0.6 is 11.8 Å². The van der Waals surface area contributed by atoms with Crippen molar-refractivity contribution in [3.8, 4) is 0 Å². The second kappa shape index (κ2) is 7.59. The molecular weight excluding hydrogens is 424 g/mol. The van der Waals surface area contributed by atoms with Crippen LogP contribution in [0, 0.1) is 28.6 Å². The summed E-state index contributed by atoms with van der Waals surface area (Å²) in [4.78, 5) is 47.3. The fourth-order valence-electron chi connectivity index (χ4n) is 7.46. The fraction of sp³-hybridized carbons (Fsp3) is 0.640. The van der Waals surface area contributed by atoms with Gasteiger partial charge in [-0.3, -0.25) is 14.4 Å². The van der Waals surface area contributed by atoms with E-state index in [9.17, 15) is 19.5 Å². The molecule has 6 atom stereocenters. The van der Waals surface area contributed by atoms with E-state index in [-0.39, 0.29) is 52.7 Å². The number of thioether (sulfide) groups is 1. The van der Waals surface area contributed by atoms with Crippen LogP contribution in [0.1, 0.15) is 58.8 Å². The molecule has 6 nitrogen and oxygen atoms in total. The van der Waals surface area contributed by atoms with Crippen molar-refractivity contribution in [3.63, 3.8) is 0 Å². The third-order valence-electron chi connectivity index (χ3n) is 9.14. The van der Waals surface area contributed by atoms with Crippen LogP contribution in [-0.4, -0.2) is 43.8 Å². The van der Waals surface area contributed by atoms with Crippen LogP contribution in [0.3, 0.4) is 0 Å². The van der Waals surface area contributed by atoms with E-state index >= 15 is 0 Å². The summed E-state index contributed by atoms with van der Waals surface area (Å²) in [5, 5.41) is 12.2. The van der Waals surface area contributed by atoms with E-state index < -0.39 is 11.0 Å². The molecule has 5 rings (SSSR count). The zero-order valence-corrected chi connectivity index (χ0v) is 19.5. The SMILES string of the molecule is CC12CCC(=O)C=C1CCC1C2C(=O)CC2(C)C1CC[C@]2(O)C(=O)CSc1ncccn1. The summed E-state index contributed by atoms with van der Waals surface area (Å²) in [5.41, 5.74) is -1.38. The minimum atomic E-state index is -1.50. The second-order valence-corrected chi connectivity index (χ2v) is 11.5. The lowest BCUT2D eigenvalue weighted by atomic mass is 9.46. The number of hydrogen-bond donors (Lipinski definition) is 1. The summed E-state index contributed by atoms with van der Waals surface area (Å²) in [6.07, 6.45) is 9.34. The fourth-order valence-corrected chi connectivity index (χ4v) is 8.22. The van der Waals surface area contributed by atoms with Gasteiger partial charge in [-0.1, -0.05) is 31.2 Å². The van der Waals surface area contributed by atoms with Crippen molar-refractivity contribution in [1.82, 2.24) is 9.97 Å². The Balaban J connectivity index is 1.41. The highest BCUT2D eigenvalue weighted by Gasteiger charge is 2.68. The highest BCUT2D eigenvalue weighted by atomic mass is 32.2. The first-order valence-electron chi connectivity index (χ1n) is 11.6. The lowest BCUT2D eigenvalue weighted by Crippen LogP contribution is -2.60. The number of hydrogen-bond acceptors (Lipinski definition) is 7. The van der Waals surface area contributed by atoms with E-state index in [0.717, 1.165) is 31.3 Å². The van der Waals surface area contributed by atoms with Gasteiger partial charge in [0.1, 0.15) is 11.4 Å². The van der Waals surface area contributed by atoms with Crippen molar-refractivity contribution in [2.75, 3.05) is 5.75 Å². The van der Waals surface area contributed by atoms with E-state index in [1.807, 2.05) is 6.92 Å². The summed E-state index contributed by atoms with van der Waals surface area (Å²) in [7, 11) is 0. The molecule has 170 valence electrons. The van der Waals surface area contributed by atoms with E-state index in [2.05, 4.69) is 16.9 Å². The molecular formula is C25H30N2O4S. The number of aromatic nitrogens is 2. The van der Waals surface area contributed by atoms with Crippen LogP contribution in [0.25, 0.3) is 0 Å². The molecule has 4 aliphatic carbocycles. The first-order valence-corrected chi connectivity index (χ1v) is 12.6. The number of ketones is 3. The van der Waals surface area contributed by atoms with Gasteiger partial charge in [0.25, 0.3) is 0 Å². The minimum Gasteiger partial charge on any atom is -0.381 e. The van der Waals surface area contributed by atoms with E-state index in [4.69, 9.17) is 0 Å². The van der Waals surface area contributed by atoms with Gasteiger partial charge in [-0.2, -0.15) is 0 Å². The van der Waals surface area contributed by atoms with Crippen molar-refractivity contribution < 1.29 is 19.5 Å². The first-order chi connectivity index (χ1) is 15.2. The van der Waals surface area contributed by atoms with Gasteiger partial charge in [-0.05, 0) is 61.5 Å². The molecule has 0 aliphatic heterocycles. The Kier molecular flexibility index (Phi) is 5.21. The molecule has 1 aromatic rings. The van der Waals surface area contributed by atoms with Gasteiger partial charge in [0.2, 0.25) is 0 Å². The molecule has 32 heavy (non-hydrogen) atoms. The maximum Gasteiger partial charge on any atom is 0.187 e. The van der Waals surface area contributed by atoms with Crippen LogP contribution in [0.15, 0.2) is 35.3 Å². The van der Waals surface area contributed by atoms with E-state index in [0.29, 0.717) is 18.0 Å². The molecule has 3 fully saturated rings. The van der Waals surface area contributed by atoms with Gasteiger partial charge in [0, 0.05) is 36.6 Å². The molecule has 5 unspecified atom stereocenters. The predicted octanol–water partition coefficient (Wildman–Crippen LogP) is 3.58. The zero-order chi connectivity index (χ0) is 22.7. The second-order valence-electron chi connectivity index (χ2n) is 10.5. The summed E-state index contributed by atoms with van der Waals surface area (Å²) < 4.78 is 0. The molecule has 0 bridgehead atoms. The number of fused-ring (bicyclic) bond motifs is 5. The zero-order valence-electron chi connectivity index (χ0n) is 18.7. The Morgan fingerprint density at radius 1 is 1.16 bits per heavy atom. The Bertz CT molecular complexity index is 1010. The maximum absolute atomic E-state index is 13.6. The monoisotopic (exact) mass is 454 g/mol. The third kappa shape index (κ3) is 3.07. The lowest BCUT2D eigenvalue weighted by Gasteiger charge is -2.57. The Morgan fingerprint density at radius 3 is 2.66 bits per heavy atom. The largest absolute Gasteiger partial charge is 0.381 e. The summed E-state index contributed by atoms with van der Waals surface area (Å²) in [6.45, 7) is 4.11. The number of rotatable bonds is 4. The molecule has 0 aromatic carbocycles. The number of nitrogens with zero attached hydrogens (tertiary/aromatic N) is 2. The molecule has 4 aliphatic rings. The smallest absolute Gasteiger partial charge is 0.187 e. The van der Waals surface area contributed by atoms with Crippen LogP contribution < -0.4 is 0 Å². The Hall–Kier alpha value is -1.86. The molecule has 1 heterocycles. The molecule has 7 heteroatoms. The Morgan fingerprint density at radius 2 is 1.91 bits per heavy atom. The highest BCUT2D eigenvalue weighted by molar-refractivity contribution is 7.99. The van der Waals surface area contributed by atoms with Crippen molar-refractivity contribution in [1.29, 1.82) is 0 Å². The molecule has 1 N–H and O–H groups in total. The van der Waals surface area contributed by atoms with Gasteiger partial charge in [0.15, 0.2) is 16.7 Å². The normalized spacial score (nSPS) is 40.8. The maximum atomic E-state index is 13.6. The summed E-state index contributed by atoms with van der Waals surface area (Å²) >= 11 is 1.23. The highest BCUT2D eigenvalue weighted by Crippen LogP contribution is 2.66. The number of aliphatic hydroxyl groups is 1. The van der Waals surface area contributed by atoms with Crippen LogP contribution in [0.4, 0.5) is 0 Å². The van der Waals surface area contributed by atoms with E-state index in [1.165, 1.54) is 11.8 Å². The average molecular weight is 455 g/mol. The predicted molar refractivity (Wildman–Crippen MR) is 120 cm³/mol. The van der Waals surface area contributed by atoms with E-state index in [1.54, 1.807) is 24.5 Å². The van der Waals surface area contributed by atoms with Crippen LogP contribution in [0.2, 0.25) is 0 Å². The van der Waals surface area contributed by atoms with Gasteiger partial charge < -0.3 is 5.11 Å². The molecule has 3 saturated carbocycles. The van der Waals surface area contributed by atoms with Crippen molar-refractivity contribution in [2.24, 2.45) is 28.6 Å². The third-order valence-corrected chi connectivity index (χ3v) is 10.0. The number of Topliss-reactive ketones (excluding diaryl/α,β-unsaturated/α-hetero) is 2. The standard InChI is InChI=1S/C25H30N2O4S/c1-23-8-6-16(28)12-15(23)4-5-17-18-7-9-25(31,24(18,2)13-19(29)21(17)23)20(30)14-32-22-26-10-3-11-27-22/h3,10-12,17-18,21,31H,4-9,13-14H2,1-2H3/t17?,18?,21?,23?,24?,25-/m0/s1. The van der Waals surface area contributed by atoms with Crippen molar-refractivity contribution >= 4 is 29.1 Å². The summed E-state index contributed by atoms with van der Waals surface area (Å²) in [5.74, 6) is 0.373. The Labute approximate surface area is 192 Å². The van der Waals surface area contributed by atoms with Crippen LogP contribution in [0.5, 0.6) is 0 Å². The number of allylic oxidation sites excluding steroid dienone is 1. The molecule has 0 saturated heterocycles. The van der Waals surface area contributed by atoms with Crippen molar-refractivity contribution in [3.05, 3.63) is 30.1 Å². The van der Waals surface area contributed by atoms with Gasteiger partial charge in [-0.25, -0.2) is 9.97 Å². The molecule has 0 radical (unpaired) electrons. The summed E-state index contributed by atoms with van der Waals surface area (Å²) in [6, 6.07) is 1.72. The quantitative estimate of drug-likeness (QED) is 0.548. The average Bonchev–Trinajstić information content (AvgIpc) is 3.04. The molecule has 0 spiro atoms. The lowest BCUT2D eigenvalue weighted by molar-refractivity contribution is -0.167. The topological polar surface area (TPSA) is 97.2 Å².